The number of carbonyl (C=O) groups is 2. The molecule has 2 rings (SSSR count). The van der Waals surface area contributed by atoms with E-state index in [2.05, 4.69) is 0 Å². The molecule has 26 heavy (non-hydrogen) atoms. The molecule has 3 N–H and O–H groups in total. The minimum Gasteiger partial charge on any atom is -0.463 e. The summed E-state index contributed by atoms with van der Waals surface area (Å²) < 4.78 is 16.1. The standard InChI is InChI=1S/C19H33NO6/c1-19(2,3)17(20)18(23)26-16-13(21)10-24-14(16)11-25-15(22)9-12-7-5-4-6-8-12/h12-14,16-17,21H,4-11,20H2,1-3H3/t13?,14?,16?,17-/m1/s1. The Labute approximate surface area is 155 Å². The van der Waals surface area contributed by atoms with Crippen LogP contribution in [-0.4, -0.2) is 54.6 Å². The van der Waals surface area contributed by atoms with Gasteiger partial charge in [0.2, 0.25) is 0 Å². The zero-order chi connectivity index (χ0) is 19.3. The Morgan fingerprint density at radius 1 is 1.23 bits per heavy atom. The Balaban J connectivity index is 1.81. The summed E-state index contributed by atoms with van der Waals surface area (Å²) in [4.78, 5) is 24.3. The number of rotatable bonds is 6. The molecule has 2 fully saturated rings. The number of aliphatic hydroxyl groups excluding tert-OH is 1. The van der Waals surface area contributed by atoms with Crippen LogP contribution in [0.15, 0.2) is 0 Å². The number of hydrogen-bond donors (Lipinski definition) is 2. The largest absolute Gasteiger partial charge is 0.463 e. The lowest BCUT2D eigenvalue weighted by Gasteiger charge is -2.28. The molecule has 3 unspecified atom stereocenters. The average molecular weight is 371 g/mol. The highest BCUT2D eigenvalue weighted by Crippen LogP contribution is 2.27. The van der Waals surface area contributed by atoms with E-state index in [1.165, 1.54) is 19.3 Å². The van der Waals surface area contributed by atoms with Gasteiger partial charge in [-0.1, -0.05) is 40.0 Å². The van der Waals surface area contributed by atoms with Gasteiger partial charge in [0.05, 0.1) is 6.61 Å². The van der Waals surface area contributed by atoms with Crippen molar-refractivity contribution in [3.8, 4) is 0 Å². The number of ether oxygens (including phenoxy) is 3. The molecule has 2 aliphatic rings. The summed E-state index contributed by atoms with van der Waals surface area (Å²) in [6, 6.07) is -0.815. The van der Waals surface area contributed by atoms with Gasteiger partial charge in [-0.15, -0.1) is 0 Å². The predicted octanol–water partition coefficient (Wildman–Crippen LogP) is 1.54. The van der Waals surface area contributed by atoms with Gasteiger partial charge >= 0.3 is 11.9 Å². The maximum atomic E-state index is 12.2. The summed E-state index contributed by atoms with van der Waals surface area (Å²) in [6.07, 6.45) is 3.63. The van der Waals surface area contributed by atoms with Gasteiger partial charge < -0.3 is 25.1 Å². The SMILES string of the molecule is CC(C)(C)[C@H](N)C(=O)OC1C(O)COC1COC(=O)CC1CCCCC1. The van der Waals surface area contributed by atoms with Crippen LogP contribution in [0.4, 0.5) is 0 Å². The van der Waals surface area contributed by atoms with Crippen molar-refractivity contribution in [2.75, 3.05) is 13.2 Å². The van der Waals surface area contributed by atoms with Gasteiger partial charge in [-0.25, -0.2) is 0 Å². The molecule has 1 aliphatic carbocycles. The second-order valence-corrected chi connectivity index (χ2v) is 8.58. The first-order valence-corrected chi connectivity index (χ1v) is 9.60. The summed E-state index contributed by atoms with van der Waals surface area (Å²) >= 11 is 0. The van der Waals surface area contributed by atoms with E-state index >= 15 is 0 Å². The van der Waals surface area contributed by atoms with Crippen LogP contribution in [-0.2, 0) is 23.8 Å². The van der Waals surface area contributed by atoms with E-state index in [1.807, 2.05) is 20.8 Å². The van der Waals surface area contributed by atoms with Crippen LogP contribution in [0.2, 0.25) is 0 Å². The molecule has 0 bridgehead atoms. The molecule has 1 aliphatic heterocycles. The first kappa shape index (κ1) is 21.1. The fourth-order valence-corrected chi connectivity index (χ4v) is 3.38. The Hall–Kier alpha value is -1.18. The summed E-state index contributed by atoms with van der Waals surface area (Å²) in [5, 5.41) is 10.0. The van der Waals surface area contributed by atoms with Crippen molar-refractivity contribution in [3.63, 3.8) is 0 Å². The lowest BCUT2D eigenvalue weighted by atomic mass is 9.87. The second kappa shape index (κ2) is 9.15. The molecule has 1 saturated heterocycles. The normalized spacial score (nSPS) is 28.6. The van der Waals surface area contributed by atoms with Crippen molar-refractivity contribution < 1.29 is 28.9 Å². The fourth-order valence-electron chi connectivity index (χ4n) is 3.38. The van der Waals surface area contributed by atoms with Crippen molar-refractivity contribution in [2.24, 2.45) is 17.1 Å². The van der Waals surface area contributed by atoms with Crippen LogP contribution in [0.25, 0.3) is 0 Å². The van der Waals surface area contributed by atoms with Crippen molar-refractivity contribution in [2.45, 2.75) is 83.6 Å². The Bertz CT molecular complexity index is 483. The van der Waals surface area contributed by atoms with E-state index in [0.717, 1.165) is 12.8 Å². The summed E-state index contributed by atoms with van der Waals surface area (Å²) in [5.74, 6) is -0.464. The van der Waals surface area contributed by atoms with Crippen LogP contribution < -0.4 is 5.73 Å². The van der Waals surface area contributed by atoms with Crippen LogP contribution in [0, 0.1) is 11.3 Å². The monoisotopic (exact) mass is 371 g/mol. The van der Waals surface area contributed by atoms with Crippen LogP contribution >= 0.6 is 0 Å². The third kappa shape index (κ3) is 5.93. The first-order chi connectivity index (χ1) is 12.2. The molecule has 1 heterocycles. The lowest BCUT2D eigenvalue weighted by Crippen LogP contribution is -2.47. The highest BCUT2D eigenvalue weighted by atomic mass is 16.6. The lowest BCUT2D eigenvalue weighted by molar-refractivity contribution is -0.163. The van der Waals surface area contributed by atoms with Gasteiger partial charge in [0, 0.05) is 6.42 Å². The molecule has 0 spiro atoms. The van der Waals surface area contributed by atoms with E-state index in [0.29, 0.717) is 12.3 Å². The van der Waals surface area contributed by atoms with Gasteiger partial charge in [-0.3, -0.25) is 9.59 Å². The van der Waals surface area contributed by atoms with E-state index < -0.39 is 35.7 Å². The molecule has 7 heteroatoms. The quantitative estimate of drug-likeness (QED) is 0.682. The number of carbonyl (C=O) groups excluding carboxylic acids is 2. The van der Waals surface area contributed by atoms with E-state index in [-0.39, 0.29) is 19.2 Å². The van der Waals surface area contributed by atoms with Gasteiger partial charge in [0.1, 0.15) is 24.9 Å². The molecule has 7 nitrogen and oxygen atoms in total. The number of nitrogens with two attached hydrogens (primary N) is 1. The fraction of sp³-hybridized carbons (Fsp3) is 0.895. The van der Waals surface area contributed by atoms with E-state index in [1.54, 1.807) is 0 Å². The van der Waals surface area contributed by atoms with Crippen molar-refractivity contribution >= 4 is 11.9 Å². The Morgan fingerprint density at radius 2 is 1.88 bits per heavy atom. The molecule has 0 aromatic rings. The van der Waals surface area contributed by atoms with Crippen molar-refractivity contribution in [1.29, 1.82) is 0 Å². The topological polar surface area (TPSA) is 108 Å². The maximum Gasteiger partial charge on any atom is 0.323 e. The third-order valence-corrected chi connectivity index (χ3v) is 5.25. The first-order valence-electron chi connectivity index (χ1n) is 9.60. The highest BCUT2D eigenvalue weighted by Gasteiger charge is 2.42. The third-order valence-electron chi connectivity index (χ3n) is 5.25. The zero-order valence-electron chi connectivity index (χ0n) is 16.1. The highest BCUT2D eigenvalue weighted by molar-refractivity contribution is 5.76. The summed E-state index contributed by atoms with van der Waals surface area (Å²) in [7, 11) is 0. The molecular weight excluding hydrogens is 338 g/mol. The smallest absolute Gasteiger partial charge is 0.323 e. The minimum absolute atomic E-state index is 0.0353. The minimum atomic E-state index is -0.951. The Kier molecular flexibility index (Phi) is 7.43. The van der Waals surface area contributed by atoms with E-state index in [4.69, 9.17) is 19.9 Å². The molecule has 0 aromatic heterocycles. The van der Waals surface area contributed by atoms with Gasteiger partial charge in [-0.2, -0.15) is 0 Å². The van der Waals surface area contributed by atoms with Crippen LogP contribution in [0.5, 0.6) is 0 Å². The van der Waals surface area contributed by atoms with Gasteiger partial charge in [0.15, 0.2) is 6.10 Å². The molecule has 4 atom stereocenters. The van der Waals surface area contributed by atoms with Crippen LogP contribution in [0.1, 0.15) is 59.3 Å². The average Bonchev–Trinajstić information content (AvgIpc) is 2.92. The molecule has 1 saturated carbocycles. The molecule has 150 valence electrons. The number of esters is 2. The summed E-state index contributed by atoms with van der Waals surface area (Å²) in [6.45, 7) is 5.51. The van der Waals surface area contributed by atoms with E-state index in [9.17, 15) is 14.7 Å². The second-order valence-electron chi connectivity index (χ2n) is 8.58. The molecular formula is C19H33NO6. The molecule has 0 aromatic carbocycles. The van der Waals surface area contributed by atoms with Crippen LogP contribution in [0.3, 0.4) is 0 Å². The number of hydrogen-bond acceptors (Lipinski definition) is 7. The molecule has 0 radical (unpaired) electrons. The van der Waals surface area contributed by atoms with Crippen molar-refractivity contribution in [3.05, 3.63) is 0 Å². The van der Waals surface area contributed by atoms with Gasteiger partial charge in [-0.05, 0) is 24.2 Å². The van der Waals surface area contributed by atoms with Gasteiger partial charge in [0.25, 0.3) is 0 Å². The Morgan fingerprint density at radius 3 is 2.50 bits per heavy atom. The molecule has 0 amide bonds. The zero-order valence-corrected chi connectivity index (χ0v) is 16.1. The summed E-state index contributed by atoms with van der Waals surface area (Å²) in [5.41, 5.74) is 5.45. The number of aliphatic hydroxyl groups is 1. The van der Waals surface area contributed by atoms with Crippen molar-refractivity contribution in [1.82, 2.24) is 0 Å². The predicted molar refractivity (Wildman–Crippen MR) is 95.2 cm³/mol. The maximum absolute atomic E-state index is 12.2.